The standard InChI is InChI=1S/C12H16FN/c1-3-9-4-5-12(13)11-8-14(2)7-6-10(9)11/h4-5H,3,6-8H2,1-2H3. The average Bonchev–Trinajstić information content (AvgIpc) is 2.19. The van der Waals surface area contributed by atoms with Crippen LogP contribution in [0.3, 0.4) is 0 Å². The van der Waals surface area contributed by atoms with Crippen molar-refractivity contribution in [3.8, 4) is 0 Å². The first-order valence-corrected chi connectivity index (χ1v) is 5.20. The molecule has 0 bridgehead atoms. The summed E-state index contributed by atoms with van der Waals surface area (Å²) in [7, 11) is 2.04. The van der Waals surface area contributed by atoms with Gasteiger partial charge in [-0.2, -0.15) is 0 Å². The molecule has 2 heteroatoms. The lowest BCUT2D eigenvalue weighted by molar-refractivity contribution is 0.305. The lowest BCUT2D eigenvalue weighted by atomic mass is 9.93. The van der Waals surface area contributed by atoms with Gasteiger partial charge in [-0.3, -0.25) is 0 Å². The Labute approximate surface area is 84.5 Å². The summed E-state index contributed by atoms with van der Waals surface area (Å²) in [6.07, 6.45) is 2.00. The molecule has 1 aromatic carbocycles. The van der Waals surface area contributed by atoms with Gasteiger partial charge in [0, 0.05) is 18.7 Å². The first-order chi connectivity index (χ1) is 6.72. The summed E-state index contributed by atoms with van der Waals surface area (Å²) in [5, 5.41) is 0. The van der Waals surface area contributed by atoms with Gasteiger partial charge in [-0.05, 0) is 37.1 Å². The minimum atomic E-state index is -0.0382. The average molecular weight is 193 g/mol. The maximum absolute atomic E-state index is 13.5. The number of likely N-dealkylation sites (N-methyl/N-ethyl adjacent to an activating group) is 1. The second kappa shape index (κ2) is 3.70. The van der Waals surface area contributed by atoms with Crippen LogP contribution in [0.1, 0.15) is 23.6 Å². The molecule has 0 unspecified atom stereocenters. The lowest BCUT2D eigenvalue weighted by Gasteiger charge is -2.27. The summed E-state index contributed by atoms with van der Waals surface area (Å²) < 4.78 is 13.5. The van der Waals surface area contributed by atoms with Crippen molar-refractivity contribution in [3.63, 3.8) is 0 Å². The molecule has 0 aromatic heterocycles. The molecular weight excluding hydrogens is 177 g/mol. The van der Waals surface area contributed by atoms with Gasteiger partial charge in [-0.15, -0.1) is 0 Å². The third-order valence-electron chi connectivity index (χ3n) is 3.02. The molecule has 0 saturated carbocycles. The highest BCUT2D eigenvalue weighted by molar-refractivity contribution is 5.38. The fraction of sp³-hybridized carbons (Fsp3) is 0.500. The highest BCUT2D eigenvalue weighted by Crippen LogP contribution is 2.24. The number of benzene rings is 1. The van der Waals surface area contributed by atoms with Gasteiger partial charge in [0.25, 0.3) is 0 Å². The minimum absolute atomic E-state index is 0.0382. The highest BCUT2D eigenvalue weighted by atomic mass is 19.1. The smallest absolute Gasteiger partial charge is 0.127 e. The maximum Gasteiger partial charge on any atom is 0.127 e. The van der Waals surface area contributed by atoms with Gasteiger partial charge in [-0.25, -0.2) is 4.39 Å². The Balaban J connectivity index is 2.49. The summed E-state index contributed by atoms with van der Waals surface area (Å²) in [5.74, 6) is -0.0382. The molecule has 1 heterocycles. The summed E-state index contributed by atoms with van der Waals surface area (Å²) in [4.78, 5) is 2.17. The van der Waals surface area contributed by atoms with E-state index in [1.807, 2.05) is 13.1 Å². The number of fused-ring (bicyclic) bond motifs is 1. The molecule has 0 saturated heterocycles. The first-order valence-electron chi connectivity index (χ1n) is 5.20. The van der Waals surface area contributed by atoms with E-state index in [1.165, 1.54) is 11.1 Å². The van der Waals surface area contributed by atoms with Crippen molar-refractivity contribution in [1.82, 2.24) is 4.90 Å². The Morgan fingerprint density at radius 2 is 2.14 bits per heavy atom. The SMILES string of the molecule is CCc1ccc(F)c2c1CCN(C)C2. The first kappa shape index (κ1) is 9.66. The van der Waals surface area contributed by atoms with Gasteiger partial charge >= 0.3 is 0 Å². The summed E-state index contributed by atoms with van der Waals surface area (Å²) in [6, 6.07) is 3.54. The predicted octanol–water partition coefficient (Wildman–Crippen LogP) is 2.38. The number of rotatable bonds is 1. The van der Waals surface area contributed by atoms with Crippen LogP contribution in [0.15, 0.2) is 12.1 Å². The summed E-state index contributed by atoms with van der Waals surface area (Å²) in [6.45, 7) is 3.93. The van der Waals surface area contributed by atoms with Gasteiger partial charge in [0.15, 0.2) is 0 Å². The van der Waals surface area contributed by atoms with E-state index in [4.69, 9.17) is 0 Å². The fourth-order valence-electron chi connectivity index (χ4n) is 2.18. The van der Waals surface area contributed by atoms with Crippen LogP contribution in [0.2, 0.25) is 0 Å². The van der Waals surface area contributed by atoms with Crippen LogP contribution >= 0.6 is 0 Å². The molecule has 0 N–H and O–H groups in total. The Bertz CT molecular complexity index is 346. The number of nitrogens with zero attached hydrogens (tertiary/aromatic N) is 1. The van der Waals surface area contributed by atoms with Crippen molar-refractivity contribution in [2.24, 2.45) is 0 Å². The lowest BCUT2D eigenvalue weighted by Crippen LogP contribution is -2.28. The van der Waals surface area contributed by atoms with Crippen molar-refractivity contribution in [2.45, 2.75) is 26.3 Å². The molecule has 2 rings (SSSR count). The van der Waals surface area contributed by atoms with Crippen LogP contribution in [0.4, 0.5) is 4.39 Å². The van der Waals surface area contributed by atoms with E-state index in [-0.39, 0.29) is 5.82 Å². The Kier molecular flexibility index (Phi) is 2.55. The molecule has 76 valence electrons. The zero-order chi connectivity index (χ0) is 10.1. The van der Waals surface area contributed by atoms with Crippen LogP contribution in [-0.2, 0) is 19.4 Å². The van der Waals surface area contributed by atoms with Crippen molar-refractivity contribution >= 4 is 0 Å². The van der Waals surface area contributed by atoms with Crippen molar-refractivity contribution in [2.75, 3.05) is 13.6 Å². The van der Waals surface area contributed by atoms with Crippen LogP contribution in [-0.4, -0.2) is 18.5 Å². The van der Waals surface area contributed by atoms with Gasteiger partial charge in [0.1, 0.15) is 5.82 Å². The second-order valence-electron chi connectivity index (χ2n) is 4.00. The number of hydrogen-bond donors (Lipinski definition) is 0. The topological polar surface area (TPSA) is 3.24 Å². The van der Waals surface area contributed by atoms with Crippen LogP contribution in [0, 0.1) is 5.82 Å². The van der Waals surface area contributed by atoms with E-state index < -0.39 is 0 Å². The monoisotopic (exact) mass is 193 g/mol. The molecule has 0 amide bonds. The quantitative estimate of drug-likeness (QED) is 0.662. The summed E-state index contributed by atoms with van der Waals surface area (Å²) in [5.41, 5.74) is 3.48. The molecule has 1 aromatic rings. The van der Waals surface area contributed by atoms with Gasteiger partial charge in [0.05, 0.1) is 0 Å². The van der Waals surface area contributed by atoms with Crippen molar-refractivity contribution in [1.29, 1.82) is 0 Å². The molecular formula is C12H16FN. The normalized spacial score (nSPS) is 16.8. The second-order valence-corrected chi connectivity index (χ2v) is 4.00. The molecule has 0 spiro atoms. The highest BCUT2D eigenvalue weighted by Gasteiger charge is 2.18. The number of aryl methyl sites for hydroxylation is 1. The third kappa shape index (κ3) is 1.55. The van der Waals surface area contributed by atoms with E-state index in [2.05, 4.69) is 11.8 Å². The Hall–Kier alpha value is -0.890. The van der Waals surface area contributed by atoms with Gasteiger partial charge in [-0.1, -0.05) is 13.0 Å². The molecule has 1 aliphatic heterocycles. The van der Waals surface area contributed by atoms with E-state index in [9.17, 15) is 4.39 Å². The predicted molar refractivity (Wildman–Crippen MR) is 55.8 cm³/mol. The van der Waals surface area contributed by atoms with Crippen LogP contribution in [0.25, 0.3) is 0 Å². The van der Waals surface area contributed by atoms with E-state index in [0.717, 1.165) is 31.5 Å². The van der Waals surface area contributed by atoms with Crippen LogP contribution in [0.5, 0.6) is 0 Å². The summed E-state index contributed by atoms with van der Waals surface area (Å²) >= 11 is 0. The van der Waals surface area contributed by atoms with Gasteiger partial charge < -0.3 is 4.90 Å². The minimum Gasteiger partial charge on any atom is -0.302 e. The molecule has 0 atom stereocenters. The number of hydrogen-bond acceptors (Lipinski definition) is 1. The Morgan fingerprint density at radius 1 is 1.36 bits per heavy atom. The Morgan fingerprint density at radius 3 is 2.86 bits per heavy atom. The van der Waals surface area contributed by atoms with E-state index >= 15 is 0 Å². The van der Waals surface area contributed by atoms with E-state index in [0.29, 0.717) is 0 Å². The molecule has 0 aliphatic carbocycles. The zero-order valence-corrected chi connectivity index (χ0v) is 8.81. The van der Waals surface area contributed by atoms with Crippen molar-refractivity contribution in [3.05, 3.63) is 34.6 Å². The molecule has 0 radical (unpaired) electrons. The van der Waals surface area contributed by atoms with Crippen LogP contribution < -0.4 is 0 Å². The maximum atomic E-state index is 13.5. The molecule has 1 nitrogen and oxygen atoms in total. The van der Waals surface area contributed by atoms with E-state index in [1.54, 1.807) is 6.07 Å². The number of halogens is 1. The molecule has 14 heavy (non-hydrogen) atoms. The fourth-order valence-corrected chi connectivity index (χ4v) is 2.18. The molecule has 0 fully saturated rings. The zero-order valence-electron chi connectivity index (χ0n) is 8.81. The largest absolute Gasteiger partial charge is 0.302 e. The van der Waals surface area contributed by atoms with Crippen molar-refractivity contribution < 1.29 is 4.39 Å². The molecule has 1 aliphatic rings. The third-order valence-corrected chi connectivity index (χ3v) is 3.02. The van der Waals surface area contributed by atoms with Gasteiger partial charge in [0.2, 0.25) is 0 Å².